The lowest BCUT2D eigenvalue weighted by Crippen LogP contribution is -2.25. The van der Waals surface area contributed by atoms with Gasteiger partial charge in [0.15, 0.2) is 5.65 Å². The molecule has 8 heteroatoms. The van der Waals surface area contributed by atoms with Crippen molar-refractivity contribution in [1.82, 2.24) is 19.8 Å². The highest BCUT2D eigenvalue weighted by Crippen LogP contribution is 2.40. The second-order valence-electron chi connectivity index (χ2n) is 7.95. The van der Waals surface area contributed by atoms with Crippen LogP contribution in [-0.2, 0) is 16.3 Å². The zero-order valence-electron chi connectivity index (χ0n) is 17.3. The maximum atomic E-state index is 13.4. The van der Waals surface area contributed by atoms with Crippen molar-refractivity contribution in [1.29, 1.82) is 0 Å². The van der Waals surface area contributed by atoms with Crippen molar-refractivity contribution in [3.63, 3.8) is 0 Å². The summed E-state index contributed by atoms with van der Waals surface area (Å²) in [6.07, 6.45) is 0.893. The van der Waals surface area contributed by atoms with Crippen molar-refractivity contribution >= 4 is 37.9 Å². The van der Waals surface area contributed by atoms with Gasteiger partial charge in [0.1, 0.15) is 5.82 Å². The van der Waals surface area contributed by atoms with Crippen LogP contribution < -0.4 is 4.90 Å². The van der Waals surface area contributed by atoms with Gasteiger partial charge in [-0.2, -0.15) is 4.52 Å². The second kappa shape index (κ2) is 6.86. The van der Waals surface area contributed by atoms with Gasteiger partial charge in [0.05, 0.1) is 10.4 Å². The van der Waals surface area contributed by atoms with Gasteiger partial charge in [-0.3, -0.25) is 0 Å². The average molecular weight is 442 g/mol. The van der Waals surface area contributed by atoms with Gasteiger partial charge in [0.25, 0.3) is 0 Å². The normalized spacial score (nSPS) is 16.0. The first kappa shape index (κ1) is 18.9. The summed E-state index contributed by atoms with van der Waals surface area (Å²) in [7, 11) is -3.88. The number of benzene rings is 3. The van der Waals surface area contributed by atoms with Crippen LogP contribution in [0, 0.1) is 0 Å². The highest BCUT2D eigenvalue weighted by atomic mass is 32.2. The highest BCUT2D eigenvalue weighted by molar-refractivity contribution is 7.91. The van der Waals surface area contributed by atoms with E-state index in [-0.39, 0.29) is 21.6 Å². The van der Waals surface area contributed by atoms with Gasteiger partial charge < -0.3 is 4.90 Å². The van der Waals surface area contributed by atoms with Crippen molar-refractivity contribution in [2.24, 2.45) is 0 Å². The summed E-state index contributed by atoms with van der Waals surface area (Å²) in [5.74, 6) is 0.706. The third-order valence-corrected chi connectivity index (χ3v) is 7.61. The van der Waals surface area contributed by atoms with Crippen LogP contribution in [0.4, 0.5) is 11.5 Å². The number of hydrogen-bond donors (Lipinski definition) is 0. The Bertz CT molecular complexity index is 1600. The van der Waals surface area contributed by atoms with Crippen LogP contribution >= 0.6 is 0 Å². The Hall–Kier alpha value is -3.78. The number of sulfone groups is 1. The molecule has 0 unspecified atom stereocenters. The molecule has 7 nitrogen and oxygen atoms in total. The zero-order valence-corrected chi connectivity index (χ0v) is 18.1. The molecule has 2 aromatic heterocycles. The van der Waals surface area contributed by atoms with Crippen LogP contribution in [0.3, 0.4) is 0 Å². The molecule has 1 aliphatic rings. The molecular formula is C24H19N5O2S. The molecule has 0 saturated heterocycles. The monoisotopic (exact) mass is 441 g/mol. The standard InChI is InChI=1S/C24H19N5O2S/c1-16-15-17-9-5-7-13-20(17)28(16)22-19-12-6-8-14-21(19)29-23(25-22)24(26-27-29)32(30,31)18-10-3-2-4-11-18/h2-14,16H,15H2,1H3/t16-/m0/s1. The van der Waals surface area contributed by atoms with E-state index < -0.39 is 9.84 Å². The van der Waals surface area contributed by atoms with Crippen LogP contribution in [0.25, 0.3) is 16.6 Å². The minimum absolute atomic E-state index is 0.143. The number of nitrogens with zero attached hydrogens (tertiary/aromatic N) is 5. The quantitative estimate of drug-likeness (QED) is 0.418. The van der Waals surface area contributed by atoms with E-state index in [1.165, 1.54) is 10.1 Å². The minimum atomic E-state index is -3.88. The summed E-state index contributed by atoms with van der Waals surface area (Å²) in [5, 5.41) is 8.99. The molecule has 6 rings (SSSR count). The van der Waals surface area contributed by atoms with E-state index in [0.29, 0.717) is 5.82 Å². The Morgan fingerprint density at radius 1 is 0.906 bits per heavy atom. The minimum Gasteiger partial charge on any atom is -0.322 e. The molecule has 3 aromatic carbocycles. The second-order valence-corrected chi connectivity index (χ2v) is 9.82. The van der Waals surface area contributed by atoms with E-state index in [9.17, 15) is 8.42 Å². The molecule has 0 N–H and O–H groups in total. The Morgan fingerprint density at radius 2 is 1.62 bits per heavy atom. The number of aromatic nitrogens is 4. The fourth-order valence-corrected chi connectivity index (χ4v) is 5.74. The zero-order chi connectivity index (χ0) is 21.9. The topological polar surface area (TPSA) is 80.5 Å². The van der Waals surface area contributed by atoms with Crippen molar-refractivity contribution in [2.75, 3.05) is 4.90 Å². The van der Waals surface area contributed by atoms with E-state index in [1.807, 2.05) is 36.4 Å². The largest absolute Gasteiger partial charge is 0.322 e. The fourth-order valence-electron chi connectivity index (χ4n) is 4.49. The lowest BCUT2D eigenvalue weighted by Gasteiger charge is -2.25. The van der Waals surface area contributed by atoms with E-state index >= 15 is 0 Å². The predicted molar refractivity (Wildman–Crippen MR) is 122 cm³/mol. The van der Waals surface area contributed by atoms with E-state index in [4.69, 9.17) is 4.98 Å². The molecule has 0 aliphatic carbocycles. The summed E-state index contributed by atoms with van der Waals surface area (Å²) < 4.78 is 28.3. The summed E-state index contributed by atoms with van der Waals surface area (Å²) >= 11 is 0. The third-order valence-electron chi connectivity index (χ3n) is 5.95. The first-order chi connectivity index (χ1) is 15.6. The maximum Gasteiger partial charge on any atom is 0.229 e. The van der Waals surface area contributed by atoms with E-state index in [1.54, 1.807) is 30.3 Å². The summed E-state index contributed by atoms with van der Waals surface area (Å²) in [6, 6.07) is 24.4. The maximum absolute atomic E-state index is 13.4. The number of para-hydroxylation sites is 2. The van der Waals surface area contributed by atoms with Gasteiger partial charge in [-0.25, -0.2) is 13.4 Å². The van der Waals surface area contributed by atoms with Gasteiger partial charge >= 0.3 is 0 Å². The van der Waals surface area contributed by atoms with Crippen LogP contribution in [-0.4, -0.2) is 34.3 Å². The van der Waals surface area contributed by atoms with Crippen LogP contribution in [0.5, 0.6) is 0 Å². The molecule has 5 aromatic rings. The van der Waals surface area contributed by atoms with Gasteiger partial charge in [-0.1, -0.05) is 53.7 Å². The highest BCUT2D eigenvalue weighted by Gasteiger charge is 2.32. The van der Waals surface area contributed by atoms with E-state index in [0.717, 1.165) is 23.0 Å². The molecule has 1 aliphatic heterocycles. The Kier molecular flexibility index (Phi) is 4.06. The smallest absolute Gasteiger partial charge is 0.229 e. The first-order valence-electron chi connectivity index (χ1n) is 10.4. The summed E-state index contributed by atoms with van der Waals surface area (Å²) in [6.45, 7) is 2.15. The molecule has 0 radical (unpaired) electrons. The molecule has 0 saturated carbocycles. The molecule has 3 heterocycles. The molecular weight excluding hydrogens is 422 g/mol. The third kappa shape index (κ3) is 2.66. The number of hydrogen-bond acceptors (Lipinski definition) is 6. The fraction of sp³-hybridized carbons (Fsp3) is 0.125. The number of rotatable bonds is 3. The summed E-state index contributed by atoms with van der Waals surface area (Å²) in [5.41, 5.74) is 3.31. The summed E-state index contributed by atoms with van der Waals surface area (Å²) in [4.78, 5) is 7.22. The van der Waals surface area contributed by atoms with Gasteiger partial charge in [0.2, 0.25) is 14.9 Å². The van der Waals surface area contributed by atoms with Crippen molar-refractivity contribution < 1.29 is 8.42 Å². The predicted octanol–water partition coefficient (Wildman–Crippen LogP) is 4.19. The van der Waals surface area contributed by atoms with Crippen LogP contribution in [0.2, 0.25) is 0 Å². The lowest BCUT2D eigenvalue weighted by atomic mass is 10.1. The average Bonchev–Trinajstić information content (AvgIpc) is 3.40. The van der Waals surface area contributed by atoms with E-state index in [2.05, 4.69) is 34.3 Å². The van der Waals surface area contributed by atoms with Crippen molar-refractivity contribution in [3.05, 3.63) is 84.4 Å². The van der Waals surface area contributed by atoms with Crippen molar-refractivity contribution in [2.45, 2.75) is 29.3 Å². The van der Waals surface area contributed by atoms with Gasteiger partial charge in [-0.15, -0.1) is 5.10 Å². The number of anilines is 2. The molecule has 158 valence electrons. The Morgan fingerprint density at radius 3 is 2.47 bits per heavy atom. The van der Waals surface area contributed by atoms with Gasteiger partial charge in [-0.05, 0) is 49.2 Å². The molecule has 0 bridgehead atoms. The molecule has 0 amide bonds. The van der Waals surface area contributed by atoms with Crippen LogP contribution in [0.1, 0.15) is 12.5 Å². The first-order valence-corrected chi connectivity index (χ1v) is 11.9. The molecule has 0 spiro atoms. The number of fused-ring (bicyclic) bond motifs is 4. The Labute approximate surface area is 184 Å². The van der Waals surface area contributed by atoms with Crippen LogP contribution in [0.15, 0.2) is 88.8 Å². The Balaban J connectivity index is 1.66. The molecule has 32 heavy (non-hydrogen) atoms. The SMILES string of the molecule is C[C@H]1Cc2ccccc2N1c1nc2c(S(=O)(=O)c3ccccc3)nnn2c2ccccc12. The van der Waals surface area contributed by atoms with Gasteiger partial charge in [0, 0.05) is 17.1 Å². The molecule has 1 atom stereocenters. The lowest BCUT2D eigenvalue weighted by molar-refractivity contribution is 0.592. The van der Waals surface area contributed by atoms with Crippen molar-refractivity contribution in [3.8, 4) is 0 Å². The molecule has 0 fully saturated rings.